The van der Waals surface area contributed by atoms with Crippen LogP contribution in [0.2, 0.25) is 10.0 Å². The lowest BCUT2D eigenvalue weighted by atomic mass is 10.1. The molecule has 0 spiro atoms. The third-order valence-electron chi connectivity index (χ3n) is 2.54. The van der Waals surface area contributed by atoms with Crippen LogP contribution in [0.25, 0.3) is 0 Å². The van der Waals surface area contributed by atoms with Crippen molar-refractivity contribution >= 4 is 35.2 Å². The fraction of sp³-hybridized carbons (Fsp3) is 0.385. The molecule has 7 heteroatoms. The van der Waals surface area contributed by atoms with Gasteiger partial charge in [0.1, 0.15) is 0 Å². The second kappa shape index (κ2) is 7.97. The Kier molecular flexibility index (Phi) is 6.61. The van der Waals surface area contributed by atoms with Crippen LogP contribution in [0.4, 0.5) is 4.79 Å². The monoisotopic (exact) mass is 318 g/mol. The van der Waals surface area contributed by atoms with Crippen molar-refractivity contribution in [1.29, 1.82) is 0 Å². The van der Waals surface area contributed by atoms with Crippen molar-refractivity contribution in [3.05, 3.63) is 33.8 Å². The zero-order valence-corrected chi connectivity index (χ0v) is 12.5. The van der Waals surface area contributed by atoms with Gasteiger partial charge >= 0.3 is 12.0 Å². The second-order valence-electron chi connectivity index (χ2n) is 4.38. The number of aliphatic carboxylic acids is 1. The molecule has 0 bridgehead atoms. The molecular weight excluding hydrogens is 303 g/mol. The Labute approximate surface area is 127 Å². The molecule has 110 valence electrons. The highest BCUT2D eigenvalue weighted by atomic mass is 35.5. The zero-order valence-electron chi connectivity index (χ0n) is 11.0. The fourth-order valence-corrected chi connectivity index (χ4v) is 2.11. The summed E-state index contributed by atoms with van der Waals surface area (Å²) in [5.41, 5.74) is 0.884. The third kappa shape index (κ3) is 6.12. The molecule has 3 N–H and O–H groups in total. The van der Waals surface area contributed by atoms with E-state index in [1.54, 1.807) is 12.1 Å². The third-order valence-corrected chi connectivity index (χ3v) is 3.13. The lowest BCUT2D eigenvalue weighted by molar-refractivity contribution is -0.136. The number of hydrogen-bond donors (Lipinski definition) is 3. The van der Waals surface area contributed by atoms with Crippen LogP contribution in [-0.4, -0.2) is 29.7 Å². The highest BCUT2D eigenvalue weighted by molar-refractivity contribution is 6.35. The molecular formula is C13H16Cl2N2O3. The van der Waals surface area contributed by atoms with Gasteiger partial charge in [0.2, 0.25) is 0 Å². The average Bonchev–Trinajstić information content (AvgIpc) is 2.32. The number of carbonyl (C=O) groups excluding carboxylic acids is 1. The molecule has 2 amide bonds. The first-order valence-corrected chi connectivity index (χ1v) is 6.84. The minimum Gasteiger partial charge on any atom is -0.481 e. The quantitative estimate of drug-likeness (QED) is 0.754. The first-order valence-electron chi connectivity index (χ1n) is 6.08. The smallest absolute Gasteiger partial charge is 0.315 e. The van der Waals surface area contributed by atoms with Crippen molar-refractivity contribution in [1.82, 2.24) is 10.6 Å². The number of benzene rings is 1. The largest absolute Gasteiger partial charge is 0.481 e. The minimum atomic E-state index is -0.953. The van der Waals surface area contributed by atoms with E-state index >= 15 is 0 Å². The maximum Gasteiger partial charge on any atom is 0.315 e. The number of amides is 2. The molecule has 1 aromatic rings. The summed E-state index contributed by atoms with van der Waals surface area (Å²) < 4.78 is 0. The van der Waals surface area contributed by atoms with Crippen LogP contribution >= 0.6 is 23.2 Å². The van der Waals surface area contributed by atoms with E-state index < -0.39 is 12.0 Å². The van der Waals surface area contributed by atoms with Gasteiger partial charge < -0.3 is 15.7 Å². The number of carbonyl (C=O) groups is 2. The SMILES string of the molecule is CC(Cc1ccc(Cl)cc1Cl)NC(=O)NCCC(=O)O. The number of carboxylic acids is 1. The van der Waals surface area contributed by atoms with E-state index in [2.05, 4.69) is 10.6 Å². The van der Waals surface area contributed by atoms with Gasteiger partial charge in [0.15, 0.2) is 0 Å². The average molecular weight is 319 g/mol. The van der Waals surface area contributed by atoms with Crippen molar-refractivity contribution in [3.8, 4) is 0 Å². The van der Waals surface area contributed by atoms with E-state index in [-0.39, 0.29) is 19.0 Å². The number of rotatable bonds is 6. The van der Waals surface area contributed by atoms with Gasteiger partial charge in [-0.3, -0.25) is 4.79 Å². The Morgan fingerprint density at radius 3 is 2.65 bits per heavy atom. The molecule has 0 aliphatic heterocycles. The van der Waals surface area contributed by atoms with Crippen molar-refractivity contribution in [2.45, 2.75) is 25.8 Å². The fourth-order valence-electron chi connectivity index (χ4n) is 1.63. The summed E-state index contributed by atoms with van der Waals surface area (Å²) in [6, 6.07) is 4.66. The highest BCUT2D eigenvalue weighted by Gasteiger charge is 2.10. The Balaban J connectivity index is 2.41. The van der Waals surface area contributed by atoms with Gasteiger partial charge in [-0.1, -0.05) is 29.3 Å². The Hall–Kier alpha value is -1.46. The summed E-state index contributed by atoms with van der Waals surface area (Å²) in [6.45, 7) is 1.93. The molecule has 1 unspecified atom stereocenters. The van der Waals surface area contributed by atoms with Gasteiger partial charge in [0.05, 0.1) is 6.42 Å². The number of hydrogen-bond acceptors (Lipinski definition) is 2. The van der Waals surface area contributed by atoms with Gasteiger partial charge in [0.25, 0.3) is 0 Å². The molecule has 0 aliphatic rings. The molecule has 0 saturated heterocycles. The van der Waals surface area contributed by atoms with Crippen molar-refractivity contribution in [3.63, 3.8) is 0 Å². The molecule has 0 fully saturated rings. The molecule has 0 radical (unpaired) electrons. The van der Waals surface area contributed by atoms with E-state index in [1.807, 2.05) is 13.0 Å². The molecule has 0 aromatic heterocycles. The van der Waals surface area contributed by atoms with Crippen LogP contribution in [0.5, 0.6) is 0 Å². The lowest BCUT2D eigenvalue weighted by Crippen LogP contribution is -2.42. The molecule has 1 atom stereocenters. The van der Waals surface area contributed by atoms with Crippen LogP contribution in [0.1, 0.15) is 18.9 Å². The summed E-state index contributed by atoms with van der Waals surface area (Å²) in [4.78, 5) is 21.8. The van der Waals surface area contributed by atoms with Crippen LogP contribution in [-0.2, 0) is 11.2 Å². The van der Waals surface area contributed by atoms with E-state index in [0.717, 1.165) is 5.56 Å². The molecule has 20 heavy (non-hydrogen) atoms. The molecule has 5 nitrogen and oxygen atoms in total. The Bertz CT molecular complexity index is 495. The van der Waals surface area contributed by atoms with E-state index in [1.165, 1.54) is 0 Å². The molecule has 0 aliphatic carbocycles. The van der Waals surface area contributed by atoms with E-state index in [9.17, 15) is 9.59 Å². The molecule has 1 aromatic carbocycles. The summed E-state index contributed by atoms with van der Waals surface area (Å²) in [6.07, 6.45) is 0.452. The zero-order chi connectivity index (χ0) is 15.1. The number of urea groups is 1. The highest BCUT2D eigenvalue weighted by Crippen LogP contribution is 2.21. The normalized spacial score (nSPS) is 11.8. The predicted molar refractivity (Wildman–Crippen MR) is 78.4 cm³/mol. The maximum atomic E-state index is 11.5. The van der Waals surface area contributed by atoms with Crippen LogP contribution in [0, 0.1) is 0 Å². The van der Waals surface area contributed by atoms with Crippen LogP contribution in [0.3, 0.4) is 0 Å². The maximum absolute atomic E-state index is 11.5. The topological polar surface area (TPSA) is 78.4 Å². The molecule has 1 rings (SSSR count). The van der Waals surface area contributed by atoms with E-state index in [4.69, 9.17) is 28.3 Å². The standard InChI is InChI=1S/C13H16Cl2N2O3/c1-8(17-13(20)16-5-4-12(18)19)6-9-2-3-10(14)7-11(9)15/h2-3,7-8H,4-6H2,1H3,(H,18,19)(H2,16,17,20). The van der Waals surface area contributed by atoms with Crippen LogP contribution < -0.4 is 10.6 Å². The van der Waals surface area contributed by atoms with Gasteiger partial charge in [-0.25, -0.2) is 4.79 Å². The molecule has 0 heterocycles. The van der Waals surface area contributed by atoms with E-state index in [0.29, 0.717) is 16.5 Å². The number of carboxylic acid groups (broad SMARTS) is 1. The Morgan fingerprint density at radius 2 is 2.05 bits per heavy atom. The van der Waals surface area contributed by atoms with Gasteiger partial charge in [-0.15, -0.1) is 0 Å². The van der Waals surface area contributed by atoms with Gasteiger partial charge in [-0.05, 0) is 31.0 Å². The van der Waals surface area contributed by atoms with Crippen LogP contribution in [0.15, 0.2) is 18.2 Å². The first-order chi connectivity index (χ1) is 9.38. The summed E-state index contributed by atoms with van der Waals surface area (Å²) >= 11 is 11.9. The van der Waals surface area contributed by atoms with Gasteiger partial charge in [-0.2, -0.15) is 0 Å². The molecule has 0 saturated carbocycles. The second-order valence-corrected chi connectivity index (χ2v) is 5.23. The predicted octanol–water partition coefficient (Wildman–Crippen LogP) is 2.70. The Morgan fingerprint density at radius 1 is 1.35 bits per heavy atom. The van der Waals surface area contributed by atoms with Crippen molar-refractivity contribution in [2.24, 2.45) is 0 Å². The van der Waals surface area contributed by atoms with Gasteiger partial charge in [0, 0.05) is 22.6 Å². The summed E-state index contributed by atoms with van der Waals surface area (Å²) in [5.74, 6) is -0.953. The minimum absolute atomic E-state index is 0.0928. The van der Waals surface area contributed by atoms with Crippen molar-refractivity contribution in [2.75, 3.05) is 6.54 Å². The first kappa shape index (κ1) is 16.6. The summed E-state index contributed by atoms with van der Waals surface area (Å²) in [7, 11) is 0. The number of halogens is 2. The lowest BCUT2D eigenvalue weighted by Gasteiger charge is -2.15. The van der Waals surface area contributed by atoms with Crippen molar-refractivity contribution < 1.29 is 14.7 Å². The summed E-state index contributed by atoms with van der Waals surface area (Å²) in [5, 5.41) is 14.8. The number of nitrogens with one attached hydrogen (secondary N) is 2.